The number of ether oxygens (including phenoxy) is 2. The predicted molar refractivity (Wildman–Crippen MR) is 111 cm³/mol. The first kappa shape index (κ1) is 20.6. The van der Waals surface area contributed by atoms with Crippen LogP contribution in [0.3, 0.4) is 0 Å². The first-order chi connectivity index (χ1) is 13.1. The molecule has 1 unspecified atom stereocenters. The van der Waals surface area contributed by atoms with Crippen LogP contribution in [0.4, 0.5) is 11.4 Å². The largest absolute Gasteiger partial charge is 1.00 e. The molecule has 5 heteroatoms. The van der Waals surface area contributed by atoms with E-state index in [2.05, 4.69) is 73.9 Å². The second-order valence-electron chi connectivity index (χ2n) is 6.97. The molecule has 0 fully saturated rings. The Labute approximate surface area is 184 Å². The number of hydrogen-bond donors (Lipinski definition) is 0. The highest BCUT2D eigenvalue weighted by molar-refractivity contribution is 5.68. The van der Waals surface area contributed by atoms with Crippen molar-refractivity contribution in [1.82, 2.24) is 0 Å². The minimum Gasteiger partial charge on any atom is -1.00 e. The second-order valence-corrected chi connectivity index (χ2v) is 6.97. The van der Waals surface area contributed by atoms with Gasteiger partial charge in [-0.05, 0) is 75.2 Å². The molecular formula is C23H26IN2O2-. The average Bonchev–Trinajstić information content (AvgIpc) is 3.18. The van der Waals surface area contributed by atoms with E-state index in [-0.39, 0.29) is 30.2 Å². The van der Waals surface area contributed by atoms with Gasteiger partial charge >= 0.3 is 0 Å². The van der Waals surface area contributed by atoms with Crippen LogP contribution in [-0.2, 0) is 0 Å². The Morgan fingerprint density at radius 2 is 1.61 bits per heavy atom. The van der Waals surface area contributed by atoms with Crippen LogP contribution in [0.25, 0.3) is 0 Å². The fraction of sp³-hybridized carbons (Fsp3) is 0.304. The summed E-state index contributed by atoms with van der Waals surface area (Å²) in [6, 6.07) is 12.6. The maximum absolute atomic E-state index is 6.12. The highest BCUT2D eigenvalue weighted by Gasteiger charge is 2.28. The van der Waals surface area contributed by atoms with Crippen molar-refractivity contribution in [3.63, 3.8) is 0 Å². The summed E-state index contributed by atoms with van der Waals surface area (Å²) in [5.74, 6) is 2.71. The number of aryl methyl sites for hydroxylation is 2. The van der Waals surface area contributed by atoms with Crippen molar-refractivity contribution in [2.45, 2.75) is 33.9 Å². The second kappa shape index (κ2) is 8.47. The first-order valence-electron chi connectivity index (χ1n) is 9.59. The molecule has 0 aliphatic carbocycles. The van der Waals surface area contributed by atoms with E-state index in [9.17, 15) is 0 Å². The molecule has 2 aromatic carbocycles. The highest BCUT2D eigenvalue weighted by atomic mass is 127. The predicted octanol–water partition coefficient (Wildman–Crippen LogP) is 2.17. The van der Waals surface area contributed by atoms with Gasteiger partial charge in [0.1, 0.15) is 5.75 Å². The van der Waals surface area contributed by atoms with Gasteiger partial charge in [0.05, 0.1) is 11.4 Å². The molecule has 0 amide bonds. The summed E-state index contributed by atoms with van der Waals surface area (Å²) >= 11 is 0. The lowest BCUT2D eigenvalue weighted by atomic mass is 10.2. The van der Waals surface area contributed by atoms with Crippen molar-refractivity contribution in [2.24, 2.45) is 0 Å². The quantitative estimate of drug-likeness (QED) is 0.615. The molecule has 4 rings (SSSR count). The molecule has 2 aliphatic rings. The van der Waals surface area contributed by atoms with Gasteiger partial charge in [-0.1, -0.05) is 18.2 Å². The van der Waals surface area contributed by atoms with Crippen molar-refractivity contribution < 1.29 is 33.5 Å². The van der Waals surface area contributed by atoms with E-state index in [1.54, 1.807) is 0 Å². The smallest absolute Gasteiger partial charge is 0.200 e. The SMILES string of the molecule is CCN1C(=CC=CC2Oc3ccc(C)cc3N2CC)Oc2ccc(C)cc21.[I-]. The molecule has 2 aromatic rings. The van der Waals surface area contributed by atoms with Gasteiger partial charge in [0.25, 0.3) is 0 Å². The molecule has 28 heavy (non-hydrogen) atoms. The number of hydrogen-bond acceptors (Lipinski definition) is 4. The van der Waals surface area contributed by atoms with Crippen molar-refractivity contribution >= 4 is 11.4 Å². The maximum atomic E-state index is 6.12. The van der Waals surface area contributed by atoms with Crippen LogP contribution < -0.4 is 43.3 Å². The van der Waals surface area contributed by atoms with Crippen LogP contribution in [0.1, 0.15) is 25.0 Å². The van der Waals surface area contributed by atoms with Gasteiger partial charge in [0.15, 0.2) is 12.0 Å². The molecule has 4 nitrogen and oxygen atoms in total. The van der Waals surface area contributed by atoms with Crippen LogP contribution in [0.2, 0.25) is 0 Å². The van der Waals surface area contributed by atoms with E-state index in [0.29, 0.717) is 0 Å². The molecular weight excluding hydrogens is 463 g/mol. The fourth-order valence-electron chi connectivity index (χ4n) is 3.67. The van der Waals surface area contributed by atoms with Gasteiger partial charge in [-0.25, -0.2) is 0 Å². The standard InChI is InChI=1S/C23H26N2O2.HI/c1-5-24-18-14-16(3)10-12-20(18)26-22(24)8-7-9-23-25(6-2)19-15-17(4)11-13-21(19)27-23;/h7-15,22H,5-6H2,1-4H3;1H/p-1. The Balaban J connectivity index is 0.00000225. The summed E-state index contributed by atoms with van der Waals surface area (Å²) in [6.07, 6.45) is 6.04. The van der Waals surface area contributed by atoms with Crippen LogP contribution in [0.5, 0.6) is 11.5 Å². The molecule has 0 radical (unpaired) electrons. The third-order valence-corrected chi connectivity index (χ3v) is 5.04. The number of likely N-dealkylation sites (N-methyl/N-ethyl adjacent to an activating group) is 1. The van der Waals surface area contributed by atoms with E-state index in [1.807, 2.05) is 18.2 Å². The van der Waals surface area contributed by atoms with Gasteiger partial charge in [0.2, 0.25) is 5.88 Å². The van der Waals surface area contributed by atoms with Gasteiger partial charge in [-0.3, -0.25) is 0 Å². The number of halogens is 1. The zero-order valence-corrected chi connectivity index (χ0v) is 18.9. The number of benzene rings is 2. The Bertz CT molecular complexity index is 923. The molecule has 0 saturated carbocycles. The molecule has 0 saturated heterocycles. The average molecular weight is 489 g/mol. The molecule has 0 bridgehead atoms. The van der Waals surface area contributed by atoms with Crippen LogP contribution in [0, 0.1) is 13.8 Å². The fourth-order valence-corrected chi connectivity index (χ4v) is 3.67. The van der Waals surface area contributed by atoms with E-state index >= 15 is 0 Å². The van der Waals surface area contributed by atoms with Crippen molar-refractivity contribution in [1.29, 1.82) is 0 Å². The normalized spacial score (nSPS) is 18.7. The van der Waals surface area contributed by atoms with E-state index in [1.165, 1.54) is 11.1 Å². The molecule has 148 valence electrons. The summed E-state index contributed by atoms with van der Waals surface area (Å²) in [5.41, 5.74) is 4.77. The number of anilines is 2. The zero-order chi connectivity index (χ0) is 19.0. The molecule has 0 N–H and O–H groups in total. The van der Waals surface area contributed by atoms with E-state index < -0.39 is 0 Å². The van der Waals surface area contributed by atoms with E-state index in [0.717, 1.165) is 41.8 Å². The van der Waals surface area contributed by atoms with Crippen LogP contribution in [0.15, 0.2) is 60.5 Å². The third kappa shape index (κ3) is 3.72. The summed E-state index contributed by atoms with van der Waals surface area (Å²) in [7, 11) is 0. The molecule has 0 aromatic heterocycles. The summed E-state index contributed by atoms with van der Waals surface area (Å²) < 4.78 is 12.2. The van der Waals surface area contributed by atoms with Gasteiger partial charge in [-0.2, -0.15) is 0 Å². The number of allylic oxidation sites excluding steroid dienone is 2. The Morgan fingerprint density at radius 1 is 0.929 bits per heavy atom. The molecule has 1 atom stereocenters. The summed E-state index contributed by atoms with van der Waals surface area (Å²) in [4.78, 5) is 4.46. The first-order valence-corrected chi connectivity index (χ1v) is 9.59. The zero-order valence-electron chi connectivity index (χ0n) is 16.8. The monoisotopic (exact) mass is 489 g/mol. The minimum atomic E-state index is -0.0928. The van der Waals surface area contributed by atoms with Crippen LogP contribution in [-0.4, -0.2) is 19.3 Å². The summed E-state index contributed by atoms with van der Waals surface area (Å²) in [5, 5.41) is 0. The Hall–Kier alpha value is -2.15. The lowest BCUT2D eigenvalue weighted by Crippen LogP contribution is -3.00. The van der Waals surface area contributed by atoms with Crippen molar-refractivity contribution in [2.75, 3.05) is 22.9 Å². The van der Waals surface area contributed by atoms with Crippen molar-refractivity contribution in [3.05, 3.63) is 71.6 Å². The number of nitrogens with zero attached hydrogens (tertiary/aromatic N) is 2. The highest BCUT2D eigenvalue weighted by Crippen LogP contribution is 2.40. The topological polar surface area (TPSA) is 24.9 Å². The van der Waals surface area contributed by atoms with Gasteiger partial charge in [0, 0.05) is 13.1 Å². The van der Waals surface area contributed by atoms with Crippen LogP contribution >= 0.6 is 0 Å². The lowest BCUT2D eigenvalue weighted by molar-refractivity contribution is -0.00000663. The lowest BCUT2D eigenvalue weighted by Gasteiger charge is -2.21. The third-order valence-electron chi connectivity index (χ3n) is 5.04. The molecule has 2 aliphatic heterocycles. The Kier molecular flexibility index (Phi) is 6.23. The summed E-state index contributed by atoms with van der Waals surface area (Å²) in [6.45, 7) is 10.3. The van der Waals surface area contributed by atoms with Gasteiger partial charge < -0.3 is 43.3 Å². The maximum Gasteiger partial charge on any atom is 0.200 e. The molecule has 2 heterocycles. The number of fused-ring (bicyclic) bond motifs is 2. The van der Waals surface area contributed by atoms with Crippen molar-refractivity contribution in [3.8, 4) is 11.5 Å². The molecule has 0 spiro atoms. The van der Waals surface area contributed by atoms with E-state index in [4.69, 9.17) is 9.47 Å². The minimum absolute atomic E-state index is 0. The number of rotatable bonds is 4. The Morgan fingerprint density at radius 3 is 2.29 bits per heavy atom. The van der Waals surface area contributed by atoms with Gasteiger partial charge in [-0.15, -0.1) is 0 Å².